The zero-order chi connectivity index (χ0) is 10.1. The molecule has 1 atom stereocenters. The van der Waals surface area contributed by atoms with E-state index in [2.05, 4.69) is 22.8 Å². The van der Waals surface area contributed by atoms with Gasteiger partial charge in [0.15, 0.2) is 0 Å². The van der Waals surface area contributed by atoms with Gasteiger partial charge in [0.1, 0.15) is 0 Å². The van der Waals surface area contributed by atoms with Crippen molar-refractivity contribution in [3.63, 3.8) is 0 Å². The van der Waals surface area contributed by atoms with E-state index in [9.17, 15) is 4.79 Å². The Balaban J connectivity index is 2.21. The van der Waals surface area contributed by atoms with E-state index >= 15 is 0 Å². The maximum Gasteiger partial charge on any atom is 0.221 e. The van der Waals surface area contributed by atoms with Gasteiger partial charge in [0.25, 0.3) is 0 Å². The van der Waals surface area contributed by atoms with E-state index in [0.717, 1.165) is 17.8 Å². The van der Waals surface area contributed by atoms with Crippen LogP contribution in [0.1, 0.15) is 24.1 Å². The Hall–Kier alpha value is -1.35. The van der Waals surface area contributed by atoms with Gasteiger partial charge in [-0.15, -0.1) is 0 Å². The molecule has 1 amide bonds. The van der Waals surface area contributed by atoms with E-state index < -0.39 is 0 Å². The van der Waals surface area contributed by atoms with Crippen molar-refractivity contribution in [1.82, 2.24) is 5.32 Å². The lowest BCUT2D eigenvalue weighted by Gasteiger charge is -2.07. The normalized spacial score (nSPS) is 19.1. The maximum absolute atomic E-state index is 10.9. The molecule has 74 valence electrons. The van der Waals surface area contributed by atoms with E-state index in [1.165, 1.54) is 12.5 Å². The van der Waals surface area contributed by atoms with Crippen molar-refractivity contribution < 1.29 is 4.79 Å². The summed E-state index contributed by atoms with van der Waals surface area (Å²) in [6.45, 7) is 4.60. The van der Waals surface area contributed by atoms with E-state index in [-0.39, 0.29) is 5.91 Å². The Morgan fingerprint density at radius 3 is 2.79 bits per heavy atom. The van der Waals surface area contributed by atoms with Gasteiger partial charge in [-0.25, -0.2) is 0 Å². The molecule has 3 heteroatoms. The summed E-state index contributed by atoms with van der Waals surface area (Å²) in [4.78, 5) is 10.9. The molecule has 2 rings (SSSR count). The van der Waals surface area contributed by atoms with Gasteiger partial charge < -0.3 is 10.6 Å². The molecule has 3 nitrogen and oxygen atoms in total. The highest BCUT2D eigenvalue weighted by atomic mass is 16.1. The van der Waals surface area contributed by atoms with Crippen molar-refractivity contribution in [3.05, 3.63) is 29.3 Å². The molecular formula is C11H14N2O. The van der Waals surface area contributed by atoms with Gasteiger partial charge >= 0.3 is 0 Å². The van der Waals surface area contributed by atoms with Crippen molar-refractivity contribution in [2.75, 3.05) is 11.9 Å². The Morgan fingerprint density at radius 1 is 1.57 bits per heavy atom. The molecule has 0 aromatic heterocycles. The molecule has 1 heterocycles. The summed E-state index contributed by atoms with van der Waals surface area (Å²) in [5.74, 6) is -0.0228. The van der Waals surface area contributed by atoms with Crippen LogP contribution in [0.25, 0.3) is 0 Å². The molecule has 1 unspecified atom stereocenters. The largest absolute Gasteiger partial charge is 0.326 e. The second kappa shape index (κ2) is 3.42. The monoisotopic (exact) mass is 190 g/mol. The van der Waals surface area contributed by atoms with Gasteiger partial charge in [0, 0.05) is 25.2 Å². The summed E-state index contributed by atoms with van der Waals surface area (Å²) < 4.78 is 0. The molecule has 0 aliphatic carbocycles. The highest BCUT2D eigenvalue weighted by molar-refractivity contribution is 5.89. The lowest BCUT2D eigenvalue weighted by molar-refractivity contribution is -0.114. The van der Waals surface area contributed by atoms with Crippen LogP contribution in [0.5, 0.6) is 0 Å². The van der Waals surface area contributed by atoms with Gasteiger partial charge in [-0.05, 0) is 24.1 Å². The molecule has 2 N–H and O–H groups in total. The Morgan fingerprint density at radius 2 is 2.29 bits per heavy atom. The lowest BCUT2D eigenvalue weighted by Crippen LogP contribution is -2.07. The second-order valence-corrected chi connectivity index (χ2v) is 3.72. The molecule has 1 aromatic carbocycles. The molecule has 0 radical (unpaired) electrons. The number of anilines is 1. The standard InChI is InChI=1S/C11H14N2O/c1-7-5-9(11-6-12-11)3-4-10(7)13-8(2)14/h3-5,11-12H,6H2,1-2H3,(H,13,14). The molecule has 1 saturated heterocycles. The molecule has 1 aromatic rings. The molecule has 1 aliphatic heterocycles. The zero-order valence-electron chi connectivity index (χ0n) is 8.42. The third-order valence-corrected chi connectivity index (χ3v) is 2.37. The summed E-state index contributed by atoms with van der Waals surface area (Å²) in [5.41, 5.74) is 3.32. The fraction of sp³-hybridized carbons (Fsp3) is 0.364. The van der Waals surface area contributed by atoms with E-state index in [4.69, 9.17) is 0 Å². The van der Waals surface area contributed by atoms with Crippen LogP contribution < -0.4 is 10.6 Å². The summed E-state index contributed by atoms with van der Waals surface area (Å²) in [6.07, 6.45) is 0. The van der Waals surface area contributed by atoms with Crippen molar-refractivity contribution in [2.45, 2.75) is 19.9 Å². The quantitative estimate of drug-likeness (QED) is 0.696. The number of carbonyl (C=O) groups excluding carboxylic acids is 1. The van der Waals surface area contributed by atoms with Crippen molar-refractivity contribution in [1.29, 1.82) is 0 Å². The van der Waals surface area contributed by atoms with E-state index in [1.54, 1.807) is 0 Å². The number of benzene rings is 1. The minimum atomic E-state index is -0.0228. The van der Waals surface area contributed by atoms with Crippen LogP contribution in [0.2, 0.25) is 0 Å². The Labute approximate surface area is 83.5 Å². The highest BCUT2D eigenvalue weighted by Crippen LogP contribution is 2.25. The zero-order valence-corrected chi connectivity index (χ0v) is 8.42. The van der Waals surface area contributed by atoms with Crippen molar-refractivity contribution in [3.8, 4) is 0 Å². The number of hydrogen-bond acceptors (Lipinski definition) is 2. The van der Waals surface area contributed by atoms with Crippen molar-refractivity contribution in [2.24, 2.45) is 0 Å². The fourth-order valence-electron chi connectivity index (χ4n) is 1.53. The predicted molar refractivity (Wildman–Crippen MR) is 56.2 cm³/mol. The average Bonchev–Trinajstić information content (AvgIpc) is 2.90. The summed E-state index contributed by atoms with van der Waals surface area (Å²) in [6, 6.07) is 6.67. The van der Waals surface area contributed by atoms with Gasteiger partial charge in [-0.1, -0.05) is 12.1 Å². The van der Waals surface area contributed by atoms with Crippen LogP contribution in [-0.4, -0.2) is 12.5 Å². The second-order valence-electron chi connectivity index (χ2n) is 3.72. The highest BCUT2D eigenvalue weighted by Gasteiger charge is 2.22. The first-order valence-corrected chi connectivity index (χ1v) is 4.78. The minimum absolute atomic E-state index is 0.0228. The van der Waals surface area contributed by atoms with Crippen LogP contribution in [0.3, 0.4) is 0 Å². The fourth-order valence-corrected chi connectivity index (χ4v) is 1.53. The molecule has 0 spiro atoms. The van der Waals surface area contributed by atoms with Crippen LogP contribution in [0.4, 0.5) is 5.69 Å². The summed E-state index contributed by atoms with van der Waals surface area (Å²) in [5, 5.41) is 6.05. The molecule has 0 bridgehead atoms. The molecule has 1 fully saturated rings. The molecule has 14 heavy (non-hydrogen) atoms. The minimum Gasteiger partial charge on any atom is -0.326 e. The number of carbonyl (C=O) groups is 1. The third-order valence-electron chi connectivity index (χ3n) is 2.37. The first kappa shape index (κ1) is 9.21. The van der Waals surface area contributed by atoms with Gasteiger partial charge in [0.2, 0.25) is 5.91 Å². The number of nitrogens with one attached hydrogen (secondary N) is 2. The van der Waals surface area contributed by atoms with Crippen LogP contribution in [0, 0.1) is 6.92 Å². The van der Waals surface area contributed by atoms with Gasteiger partial charge in [-0.3, -0.25) is 4.79 Å². The number of amides is 1. The number of rotatable bonds is 2. The Kier molecular flexibility index (Phi) is 2.25. The SMILES string of the molecule is CC(=O)Nc1ccc(C2CN2)cc1C. The van der Waals surface area contributed by atoms with Crippen molar-refractivity contribution >= 4 is 11.6 Å². The van der Waals surface area contributed by atoms with Gasteiger partial charge in [0.05, 0.1) is 0 Å². The molecular weight excluding hydrogens is 176 g/mol. The average molecular weight is 190 g/mol. The Bertz CT molecular complexity index is 370. The van der Waals surface area contributed by atoms with E-state index in [1.807, 2.05) is 13.0 Å². The predicted octanol–water partition coefficient (Wildman–Crippen LogP) is 1.60. The molecule has 0 saturated carbocycles. The summed E-state index contributed by atoms with van der Waals surface area (Å²) in [7, 11) is 0. The summed E-state index contributed by atoms with van der Waals surface area (Å²) >= 11 is 0. The number of hydrogen-bond donors (Lipinski definition) is 2. The molecule has 1 aliphatic rings. The first-order valence-electron chi connectivity index (χ1n) is 4.78. The van der Waals surface area contributed by atoms with Crippen LogP contribution in [0.15, 0.2) is 18.2 Å². The lowest BCUT2D eigenvalue weighted by atomic mass is 10.1. The smallest absolute Gasteiger partial charge is 0.221 e. The first-order chi connectivity index (χ1) is 6.66. The topological polar surface area (TPSA) is 51.0 Å². The maximum atomic E-state index is 10.9. The van der Waals surface area contributed by atoms with Crippen LogP contribution >= 0.6 is 0 Å². The van der Waals surface area contributed by atoms with E-state index in [0.29, 0.717) is 6.04 Å². The third kappa shape index (κ3) is 1.93. The number of aryl methyl sites for hydroxylation is 1. The van der Waals surface area contributed by atoms with Gasteiger partial charge in [-0.2, -0.15) is 0 Å². The van der Waals surface area contributed by atoms with Crippen LogP contribution in [-0.2, 0) is 4.79 Å².